The zero-order valence-electron chi connectivity index (χ0n) is 17.8. The van der Waals surface area contributed by atoms with Crippen molar-refractivity contribution in [1.29, 1.82) is 0 Å². The Hall–Kier alpha value is -2.94. The van der Waals surface area contributed by atoms with E-state index in [0.29, 0.717) is 0 Å². The zero-order chi connectivity index (χ0) is 21.0. The van der Waals surface area contributed by atoms with Crippen LogP contribution in [0.2, 0.25) is 19.6 Å². The van der Waals surface area contributed by atoms with E-state index in [9.17, 15) is 0 Å². The maximum atomic E-state index is 6.79. The SMILES string of the molecule is C[Si](C)(C)O[C](c1ccccc1-c1ccccc1)c1ccccc1-c1ccccc1. The molecule has 4 aromatic rings. The van der Waals surface area contributed by atoms with Gasteiger partial charge in [0.25, 0.3) is 0 Å². The first kappa shape index (κ1) is 20.3. The first-order valence-corrected chi connectivity index (χ1v) is 13.8. The molecule has 1 nitrogen and oxygen atoms in total. The molecule has 0 spiro atoms. The first-order valence-electron chi connectivity index (χ1n) is 10.4. The molecule has 149 valence electrons. The van der Waals surface area contributed by atoms with E-state index in [2.05, 4.69) is 129 Å². The molecule has 0 aliphatic rings. The molecule has 0 bridgehead atoms. The topological polar surface area (TPSA) is 9.23 Å². The van der Waals surface area contributed by atoms with E-state index in [1.54, 1.807) is 0 Å². The molecular weight excluding hydrogens is 380 g/mol. The van der Waals surface area contributed by atoms with Gasteiger partial charge in [0, 0.05) is 0 Å². The van der Waals surface area contributed by atoms with Gasteiger partial charge in [0.05, 0.1) is 0 Å². The van der Waals surface area contributed by atoms with Gasteiger partial charge >= 0.3 is 0 Å². The quantitative estimate of drug-likeness (QED) is 0.296. The Balaban J connectivity index is 1.91. The highest BCUT2D eigenvalue weighted by Gasteiger charge is 2.29. The number of hydrogen-bond acceptors (Lipinski definition) is 1. The van der Waals surface area contributed by atoms with Crippen molar-refractivity contribution in [3.63, 3.8) is 0 Å². The molecule has 0 saturated heterocycles. The number of hydrogen-bond donors (Lipinski definition) is 0. The van der Waals surface area contributed by atoms with Crippen molar-refractivity contribution in [3.05, 3.63) is 126 Å². The van der Waals surface area contributed by atoms with Crippen LogP contribution in [0.4, 0.5) is 0 Å². The van der Waals surface area contributed by atoms with Crippen LogP contribution >= 0.6 is 0 Å². The maximum absolute atomic E-state index is 6.79. The van der Waals surface area contributed by atoms with Crippen molar-refractivity contribution in [2.75, 3.05) is 0 Å². The van der Waals surface area contributed by atoms with Gasteiger partial charge in [-0.05, 0) is 53.0 Å². The molecule has 0 amide bonds. The minimum Gasteiger partial charge on any atom is -0.401 e. The molecule has 30 heavy (non-hydrogen) atoms. The standard InChI is InChI=1S/C28H27OSi/c1-30(2,3)29-28(26-20-12-10-18-24(26)22-14-6-4-7-15-22)27-21-13-11-19-25(27)23-16-8-5-9-17-23/h4-21H,1-3H3. The summed E-state index contributed by atoms with van der Waals surface area (Å²) < 4.78 is 6.79. The average Bonchev–Trinajstić information content (AvgIpc) is 2.78. The molecule has 0 atom stereocenters. The Morgan fingerprint density at radius 1 is 0.500 bits per heavy atom. The van der Waals surface area contributed by atoms with Crippen molar-refractivity contribution in [1.82, 2.24) is 0 Å². The molecule has 4 rings (SSSR count). The smallest absolute Gasteiger partial charge is 0.185 e. The third kappa shape index (κ3) is 4.61. The molecule has 0 aromatic heterocycles. The van der Waals surface area contributed by atoms with Gasteiger partial charge in [-0.1, -0.05) is 109 Å². The summed E-state index contributed by atoms with van der Waals surface area (Å²) in [7, 11) is -1.87. The van der Waals surface area contributed by atoms with Gasteiger partial charge in [-0.15, -0.1) is 0 Å². The van der Waals surface area contributed by atoms with Gasteiger partial charge in [-0.2, -0.15) is 0 Å². The summed E-state index contributed by atoms with van der Waals surface area (Å²) in [6.45, 7) is 6.72. The molecule has 4 aromatic carbocycles. The van der Waals surface area contributed by atoms with Gasteiger partial charge < -0.3 is 4.43 Å². The molecule has 0 aliphatic heterocycles. The molecule has 0 aliphatic carbocycles. The lowest BCUT2D eigenvalue weighted by Gasteiger charge is -2.29. The van der Waals surface area contributed by atoms with Crippen LogP contribution in [0.15, 0.2) is 109 Å². The second-order valence-electron chi connectivity index (χ2n) is 8.37. The summed E-state index contributed by atoms with van der Waals surface area (Å²) >= 11 is 0. The van der Waals surface area contributed by atoms with Crippen LogP contribution in [-0.2, 0) is 4.43 Å². The van der Waals surface area contributed by atoms with Crippen LogP contribution in [0.3, 0.4) is 0 Å². The molecule has 2 heteroatoms. The number of benzene rings is 4. The normalized spacial score (nSPS) is 11.6. The summed E-state index contributed by atoms with van der Waals surface area (Å²) in [5, 5.41) is 0. The second kappa shape index (κ2) is 8.82. The van der Waals surface area contributed by atoms with Crippen LogP contribution in [0.5, 0.6) is 0 Å². The van der Waals surface area contributed by atoms with Crippen LogP contribution in [0.25, 0.3) is 22.3 Å². The lowest BCUT2D eigenvalue weighted by Crippen LogP contribution is -2.29. The molecule has 0 saturated carbocycles. The van der Waals surface area contributed by atoms with E-state index in [0.717, 1.165) is 17.2 Å². The van der Waals surface area contributed by atoms with Crippen molar-refractivity contribution in [2.24, 2.45) is 0 Å². The van der Waals surface area contributed by atoms with Gasteiger partial charge in [0.2, 0.25) is 0 Å². The number of rotatable bonds is 6. The van der Waals surface area contributed by atoms with Gasteiger partial charge in [-0.25, -0.2) is 0 Å². The summed E-state index contributed by atoms with van der Waals surface area (Å²) in [5.41, 5.74) is 7.04. The highest BCUT2D eigenvalue weighted by molar-refractivity contribution is 6.70. The van der Waals surface area contributed by atoms with Crippen molar-refractivity contribution in [3.8, 4) is 22.3 Å². The van der Waals surface area contributed by atoms with Crippen LogP contribution in [0.1, 0.15) is 11.1 Å². The first-order chi connectivity index (χ1) is 14.5. The highest BCUT2D eigenvalue weighted by Crippen LogP contribution is 2.39. The summed E-state index contributed by atoms with van der Waals surface area (Å²) in [4.78, 5) is 0. The van der Waals surface area contributed by atoms with E-state index in [1.807, 2.05) is 0 Å². The average molecular weight is 408 g/mol. The maximum Gasteiger partial charge on any atom is 0.185 e. The fourth-order valence-electron chi connectivity index (χ4n) is 3.66. The minimum atomic E-state index is -1.87. The van der Waals surface area contributed by atoms with Gasteiger partial charge in [-0.3, -0.25) is 0 Å². The van der Waals surface area contributed by atoms with Gasteiger partial charge in [0.15, 0.2) is 8.32 Å². The Kier molecular flexibility index (Phi) is 5.98. The molecule has 0 N–H and O–H groups in total. The lowest BCUT2D eigenvalue weighted by molar-refractivity contribution is 0.371. The van der Waals surface area contributed by atoms with Crippen molar-refractivity contribution >= 4 is 8.32 Å². The summed E-state index contributed by atoms with van der Waals surface area (Å²) in [5.74, 6) is 0. The monoisotopic (exact) mass is 407 g/mol. The van der Waals surface area contributed by atoms with E-state index < -0.39 is 8.32 Å². The predicted molar refractivity (Wildman–Crippen MR) is 130 cm³/mol. The van der Waals surface area contributed by atoms with Crippen LogP contribution < -0.4 is 0 Å². The largest absolute Gasteiger partial charge is 0.401 e. The summed E-state index contributed by atoms with van der Waals surface area (Å²) in [6.07, 6.45) is 0.966. The Morgan fingerprint density at radius 2 is 0.867 bits per heavy atom. The van der Waals surface area contributed by atoms with E-state index in [4.69, 9.17) is 4.43 Å². The molecule has 0 unspecified atom stereocenters. The summed E-state index contributed by atoms with van der Waals surface area (Å²) in [6, 6.07) is 38.2. The molecule has 0 heterocycles. The fraction of sp³-hybridized carbons (Fsp3) is 0.107. The Morgan fingerprint density at radius 3 is 1.27 bits per heavy atom. The van der Waals surface area contributed by atoms with E-state index in [-0.39, 0.29) is 0 Å². The van der Waals surface area contributed by atoms with Crippen LogP contribution in [-0.4, -0.2) is 8.32 Å². The second-order valence-corrected chi connectivity index (χ2v) is 12.8. The third-order valence-electron chi connectivity index (χ3n) is 4.92. The zero-order valence-corrected chi connectivity index (χ0v) is 18.8. The van der Waals surface area contributed by atoms with Crippen molar-refractivity contribution in [2.45, 2.75) is 19.6 Å². The molecule has 0 fully saturated rings. The minimum absolute atomic E-state index is 0.966. The fourth-order valence-corrected chi connectivity index (χ4v) is 4.49. The van der Waals surface area contributed by atoms with Crippen molar-refractivity contribution < 1.29 is 4.43 Å². The Bertz CT molecular complexity index is 1020. The van der Waals surface area contributed by atoms with Crippen LogP contribution in [0, 0.1) is 6.10 Å². The van der Waals surface area contributed by atoms with Gasteiger partial charge in [0.1, 0.15) is 6.10 Å². The molecular formula is C28H27OSi. The van der Waals surface area contributed by atoms with E-state index >= 15 is 0 Å². The van der Waals surface area contributed by atoms with E-state index in [1.165, 1.54) is 22.3 Å². The lowest BCUT2D eigenvalue weighted by atomic mass is 9.89. The highest BCUT2D eigenvalue weighted by atomic mass is 28.4. The predicted octanol–water partition coefficient (Wildman–Crippen LogP) is 7.80. The third-order valence-corrected chi connectivity index (χ3v) is 5.74. The molecule has 1 radical (unpaired) electrons. The Labute approximate surface area is 181 Å².